The molecule has 0 bridgehead atoms. The van der Waals surface area contributed by atoms with Crippen LogP contribution in [0, 0.1) is 23.2 Å². The van der Waals surface area contributed by atoms with Crippen LogP contribution in [0.5, 0.6) is 11.5 Å². The molecule has 63 heavy (non-hydrogen) atoms. The largest absolute Gasteiger partial charge is 0.491 e. The Morgan fingerprint density at radius 1 is 1.02 bits per heavy atom. The molecule has 3 aliphatic carbocycles. The zero-order chi connectivity index (χ0) is 44.6. The first-order valence-corrected chi connectivity index (χ1v) is 23.5. The molecule has 2 saturated heterocycles. The Bertz CT molecular complexity index is 2160. The number of ether oxygens (including phenoxy) is 5. The summed E-state index contributed by atoms with van der Waals surface area (Å²) in [5.74, 6) is -0.144. The number of carbonyl (C=O) groups excluding carboxylic acids is 3. The van der Waals surface area contributed by atoms with E-state index in [9.17, 15) is 24.3 Å². The number of nitrogens with one attached hydrogen (secondary N) is 3. The molecule has 16 nitrogen and oxygen atoms in total. The van der Waals surface area contributed by atoms with Crippen LogP contribution in [0.4, 0.5) is 9.93 Å². The van der Waals surface area contributed by atoms with Gasteiger partial charge in [0.25, 0.3) is 0 Å². The summed E-state index contributed by atoms with van der Waals surface area (Å²) in [5, 5.41) is 22.6. The fourth-order valence-corrected chi connectivity index (χ4v) is 10.3. The number of alkyl carbamates (subject to hydrolysis) is 1. The van der Waals surface area contributed by atoms with Gasteiger partial charge in [-0.3, -0.25) is 9.59 Å². The summed E-state index contributed by atoms with van der Waals surface area (Å²) in [4.78, 5) is 66.2. The molecule has 2 aromatic heterocycles. The fraction of sp³-hybridized carbons (Fsp3) is 0.652. The van der Waals surface area contributed by atoms with E-state index in [0.717, 1.165) is 37.2 Å². The Morgan fingerprint density at radius 3 is 2.49 bits per heavy atom. The predicted molar refractivity (Wildman–Crippen MR) is 236 cm³/mol. The highest BCUT2D eigenvalue weighted by molar-refractivity contribution is 7.14. The number of likely N-dealkylation sites (tertiary alicyclic amines) is 1. The lowest BCUT2D eigenvalue weighted by Gasteiger charge is -2.35. The molecule has 0 spiro atoms. The van der Waals surface area contributed by atoms with Gasteiger partial charge >= 0.3 is 12.1 Å². The summed E-state index contributed by atoms with van der Waals surface area (Å²) in [5.41, 5.74) is -0.408. The van der Waals surface area contributed by atoms with E-state index in [0.29, 0.717) is 78.3 Å². The van der Waals surface area contributed by atoms with Gasteiger partial charge in [-0.15, -0.1) is 11.3 Å². The summed E-state index contributed by atoms with van der Waals surface area (Å²) >= 11 is 1.46. The van der Waals surface area contributed by atoms with Gasteiger partial charge in [0.15, 0.2) is 11.4 Å². The normalized spacial score (nSPS) is 28.0. The third-order valence-electron chi connectivity index (χ3n) is 13.0. The average molecular weight is 891 g/mol. The molecule has 9 atom stereocenters. The average Bonchev–Trinajstić information content (AvgIpc) is 3.91. The van der Waals surface area contributed by atoms with Gasteiger partial charge in [0.05, 0.1) is 24.4 Å². The van der Waals surface area contributed by atoms with E-state index in [1.807, 2.05) is 71.2 Å². The molecule has 2 aliphatic heterocycles. The fourth-order valence-electron chi connectivity index (χ4n) is 9.40. The van der Waals surface area contributed by atoms with Gasteiger partial charge in [0.2, 0.25) is 11.8 Å². The van der Waals surface area contributed by atoms with Crippen molar-refractivity contribution in [3.05, 3.63) is 29.6 Å². The van der Waals surface area contributed by atoms with Gasteiger partial charge in [-0.1, -0.05) is 34.1 Å². The number of nitrogens with zero attached hydrogens (tertiary/aromatic N) is 3. The smallest absolute Gasteiger partial charge is 0.408 e. The molecule has 3 aromatic rings. The second kappa shape index (κ2) is 18.4. The number of rotatable bonds is 17. The van der Waals surface area contributed by atoms with Crippen molar-refractivity contribution in [1.82, 2.24) is 25.5 Å². The highest BCUT2D eigenvalue weighted by atomic mass is 32.1. The zero-order valence-electron chi connectivity index (χ0n) is 37.1. The maximum Gasteiger partial charge on any atom is 0.408 e. The van der Waals surface area contributed by atoms with Crippen LogP contribution in [0.2, 0.25) is 0 Å². The van der Waals surface area contributed by atoms with E-state index in [1.54, 1.807) is 0 Å². The first-order chi connectivity index (χ1) is 30.1. The van der Waals surface area contributed by atoms with Gasteiger partial charge in [-0.05, 0) is 94.1 Å². The van der Waals surface area contributed by atoms with Crippen LogP contribution < -0.4 is 25.4 Å². The Kier molecular flexibility index (Phi) is 13.1. The van der Waals surface area contributed by atoms with E-state index in [4.69, 9.17) is 33.7 Å². The van der Waals surface area contributed by atoms with Gasteiger partial charge in [-0.2, -0.15) is 0 Å². The number of aromatic nitrogens is 2. The summed E-state index contributed by atoms with van der Waals surface area (Å²) in [6.07, 6.45) is 4.97. The van der Waals surface area contributed by atoms with Gasteiger partial charge in [-0.25, -0.2) is 19.6 Å². The van der Waals surface area contributed by atoms with E-state index in [1.165, 1.54) is 22.7 Å². The van der Waals surface area contributed by atoms with Crippen molar-refractivity contribution < 1.29 is 48.0 Å². The molecule has 1 aromatic carbocycles. The Balaban J connectivity index is 1.06. The second-order valence-electron chi connectivity index (χ2n) is 19.3. The number of thiazole rings is 1. The number of hydrogen-bond donors (Lipinski definition) is 4. The minimum atomic E-state index is -1.41. The van der Waals surface area contributed by atoms with Crippen LogP contribution in [0.15, 0.2) is 29.6 Å². The summed E-state index contributed by atoms with van der Waals surface area (Å²) in [7, 11) is 0. The molecule has 3 amide bonds. The molecule has 4 N–H and O–H groups in total. The number of carbonyl (C=O) groups is 4. The molecule has 4 heterocycles. The second-order valence-corrected chi connectivity index (χ2v) is 20.1. The number of carboxylic acid groups (broad SMARTS) is 1. The van der Waals surface area contributed by atoms with Crippen molar-refractivity contribution in [2.45, 2.75) is 141 Å². The van der Waals surface area contributed by atoms with Gasteiger partial charge in [0, 0.05) is 42.0 Å². The quantitative estimate of drug-likeness (QED) is 0.104. The first-order valence-electron chi connectivity index (χ1n) is 22.6. The van der Waals surface area contributed by atoms with Crippen LogP contribution in [0.3, 0.4) is 0 Å². The maximum atomic E-state index is 14.8. The SMILES string of the molecule is CCC1CC1(NC(=O)[C@@H]1CC(Oc2cc(-c3csc(NC(C)C)n3)nc3cc(OCCOC4CCCCO4)ccc23)CN1C(=O)C(NC(=O)OC1CC2C[C@H]2C1)C(C)(C)C)C(=O)O. The minimum absolute atomic E-state index is 0.00625. The summed E-state index contributed by atoms with van der Waals surface area (Å²) in [6.45, 7) is 12.9. The van der Waals surface area contributed by atoms with Crippen LogP contribution in [0.25, 0.3) is 22.3 Å². The van der Waals surface area contributed by atoms with Crippen molar-refractivity contribution in [3.8, 4) is 22.9 Å². The van der Waals surface area contributed by atoms with Crippen molar-refractivity contribution in [2.24, 2.45) is 23.2 Å². The molecule has 0 radical (unpaired) electrons. The predicted octanol–water partition coefficient (Wildman–Crippen LogP) is 6.76. The molecule has 17 heteroatoms. The van der Waals surface area contributed by atoms with Crippen LogP contribution in [0.1, 0.15) is 99.3 Å². The molecule has 8 rings (SSSR count). The summed E-state index contributed by atoms with van der Waals surface area (Å²) < 4.78 is 30.3. The third kappa shape index (κ3) is 10.3. The maximum absolute atomic E-state index is 14.8. The highest BCUT2D eigenvalue weighted by Crippen LogP contribution is 2.52. The Labute approximate surface area is 372 Å². The molecule has 5 aliphatic rings. The monoisotopic (exact) mass is 890 g/mol. The number of amides is 3. The van der Waals surface area contributed by atoms with Gasteiger partial charge in [0.1, 0.15) is 53.6 Å². The zero-order valence-corrected chi connectivity index (χ0v) is 38.0. The number of carboxylic acids is 1. The number of pyridine rings is 1. The van der Waals surface area contributed by atoms with Crippen molar-refractivity contribution in [1.29, 1.82) is 0 Å². The molecule has 5 fully saturated rings. The molecular weight excluding hydrogens is 829 g/mol. The van der Waals surface area contributed by atoms with Crippen LogP contribution in [-0.2, 0) is 28.6 Å². The molecule has 3 saturated carbocycles. The lowest BCUT2D eigenvalue weighted by Crippen LogP contribution is -2.59. The molecule has 7 unspecified atom stereocenters. The number of benzene rings is 1. The number of hydrogen-bond acceptors (Lipinski definition) is 13. The van der Waals surface area contributed by atoms with Crippen molar-refractivity contribution >= 4 is 51.2 Å². The molecule has 342 valence electrons. The lowest BCUT2D eigenvalue weighted by atomic mass is 9.85. The van der Waals surface area contributed by atoms with E-state index < -0.39 is 53.0 Å². The van der Waals surface area contributed by atoms with Crippen LogP contribution in [-0.4, -0.2) is 112 Å². The number of aliphatic carboxylic acids is 1. The third-order valence-corrected chi connectivity index (χ3v) is 13.8. The van der Waals surface area contributed by atoms with Crippen LogP contribution >= 0.6 is 11.3 Å². The Morgan fingerprint density at radius 2 is 1.81 bits per heavy atom. The molecular formula is C46H62N6O10S. The van der Waals surface area contributed by atoms with Gasteiger partial charge < -0.3 is 49.6 Å². The van der Waals surface area contributed by atoms with Crippen molar-refractivity contribution in [3.63, 3.8) is 0 Å². The van der Waals surface area contributed by atoms with Crippen molar-refractivity contribution in [2.75, 3.05) is 31.7 Å². The van der Waals surface area contributed by atoms with E-state index in [2.05, 4.69) is 16.0 Å². The highest BCUT2D eigenvalue weighted by Gasteiger charge is 2.61. The minimum Gasteiger partial charge on any atom is -0.491 e. The topological polar surface area (TPSA) is 200 Å². The van der Waals surface area contributed by atoms with E-state index in [-0.39, 0.29) is 37.3 Å². The Hall–Kier alpha value is -4.74. The lowest BCUT2D eigenvalue weighted by molar-refractivity contribution is -0.165. The number of fused-ring (bicyclic) bond motifs is 2. The standard InChI is InChI=1S/C46H62N6O10S/c1-7-28-22-46(28,42(55)56)51-40(53)36-20-31(23-52(36)41(54)39(45(4,5)6)50-44(57)62-30-17-26-16-27(26)18-30)61-37-21-34(35-24-63-43(49-35)47-25(2)3)48-33-19-29(11-12-32(33)37)58-14-15-60-38-10-8-9-13-59-38/h11-12,19,21,24-28,30-31,36,38-39H,7-10,13-18,20,22-23H2,1-6H3,(H,47,49)(H,50,57)(H,51,53)(H,55,56)/t26-,27?,28?,30?,31?,36-,38?,39?,46?/m0/s1. The summed E-state index contributed by atoms with van der Waals surface area (Å²) in [6, 6.07) is 5.38. The van der Waals surface area contributed by atoms with E-state index >= 15 is 0 Å². The number of anilines is 1. The first kappa shape index (κ1) is 44.9.